The zero-order chi connectivity index (χ0) is 14.0. The van der Waals surface area contributed by atoms with Crippen molar-refractivity contribution in [2.75, 3.05) is 0 Å². The molecule has 0 amide bonds. The summed E-state index contributed by atoms with van der Waals surface area (Å²) in [6.45, 7) is 0. The van der Waals surface area contributed by atoms with Crippen LogP contribution in [0.25, 0.3) is 0 Å². The van der Waals surface area contributed by atoms with Crippen LogP contribution in [0.1, 0.15) is 15.9 Å². The maximum Gasteiger partial charge on any atom is 0.168 e. The first kappa shape index (κ1) is 14.2. The first-order valence-electron chi connectivity index (χ1n) is 5.39. The van der Waals surface area contributed by atoms with E-state index in [4.69, 9.17) is 11.6 Å². The number of ketones is 1. The van der Waals surface area contributed by atoms with Crippen LogP contribution in [0, 0.1) is 11.6 Å². The summed E-state index contributed by atoms with van der Waals surface area (Å²) >= 11 is 9.00. The standard InChI is InChI=1S/C14H8BrClF2O/c15-12-7-9(16)1-3-11(12)14(19)6-8-5-10(17)2-4-13(8)18/h1-5,7H,6H2. The number of Topliss-reactive ketones (excluding diaryl/α,β-unsaturated/α-hetero) is 1. The predicted molar refractivity (Wildman–Crippen MR) is 73.5 cm³/mol. The number of benzene rings is 2. The Balaban J connectivity index is 2.28. The molecule has 5 heteroatoms. The van der Waals surface area contributed by atoms with Crippen molar-refractivity contribution in [1.82, 2.24) is 0 Å². The summed E-state index contributed by atoms with van der Waals surface area (Å²) in [6, 6.07) is 7.75. The van der Waals surface area contributed by atoms with Crippen molar-refractivity contribution < 1.29 is 13.6 Å². The average molecular weight is 346 g/mol. The van der Waals surface area contributed by atoms with E-state index in [0.29, 0.717) is 15.1 Å². The van der Waals surface area contributed by atoms with Gasteiger partial charge in [-0.05, 0) is 57.9 Å². The molecular weight excluding hydrogens is 338 g/mol. The molecule has 2 aromatic carbocycles. The molecule has 0 atom stereocenters. The summed E-state index contributed by atoms with van der Waals surface area (Å²) in [5, 5.41) is 0.486. The van der Waals surface area contributed by atoms with Gasteiger partial charge in [0, 0.05) is 21.5 Å². The number of rotatable bonds is 3. The molecule has 1 nitrogen and oxygen atoms in total. The summed E-state index contributed by atoms with van der Waals surface area (Å²) in [5.74, 6) is -1.48. The number of hydrogen-bond donors (Lipinski definition) is 0. The Hall–Kier alpha value is -1.26. The minimum atomic E-state index is -0.597. The molecule has 2 rings (SSSR count). The van der Waals surface area contributed by atoms with E-state index >= 15 is 0 Å². The molecule has 19 heavy (non-hydrogen) atoms. The minimum absolute atomic E-state index is 0.0341. The molecule has 0 unspecified atom stereocenters. The summed E-state index contributed by atoms with van der Waals surface area (Å²) < 4.78 is 27.0. The van der Waals surface area contributed by atoms with Gasteiger partial charge in [-0.15, -0.1) is 0 Å². The maximum absolute atomic E-state index is 13.5. The maximum atomic E-state index is 13.5. The van der Waals surface area contributed by atoms with Crippen molar-refractivity contribution in [1.29, 1.82) is 0 Å². The molecule has 0 aliphatic carbocycles. The van der Waals surface area contributed by atoms with E-state index in [-0.39, 0.29) is 17.8 Å². The van der Waals surface area contributed by atoms with Crippen molar-refractivity contribution >= 4 is 33.3 Å². The van der Waals surface area contributed by atoms with E-state index in [1.807, 2.05) is 0 Å². The second-order valence-electron chi connectivity index (χ2n) is 3.96. The number of carbonyl (C=O) groups excluding carboxylic acids is 1. The smallest absolute Gasteiger partial charge is 0.168 e. The molecule has 0 fully saturated rings. The van der Waals surface area contributed by atoms with E-state index in [2.05, 4.69) is 15.9 Å². The van der Waals surface area contributed by atoms with Gasteiger partial charge in [-0.2, -0.15) is 0 Å². The van der Waals surface area contributed by atoms with Crippen molar-refractivity contribution in [3.05, 3.63) is 68.7 Å². The highest BCUT2D eigenvalue weighted by Crippen LogP contribution is 2.23. The summed E-state index contributed by atoms with van der Waals surface area (Å²) in [4.78, 5) is 12.0. The molecule has 0 radical (unpaired) electrons. The molecule has 0 aliphatic rings. The largest absolute Gasteiger partial charge is 0.294 e. The fourth-order valence-corrected chi connectivity index (χ4v) is 2.57. The molecule has 0 saturated carbocycles. The SMILES string of the molecule is O=C(Cc1cc(F)ccc1F)c1ccc(Cl)cc1Br. The average Bonchev–Trinajstić information content (AvgIpc) is 2.33. The van der Waals surface area contributed by atoms with Gasteiger partial charge >= 0.3 is 0 Å². The number of carbonyl (C=O) groups is 1. The Morgan fingerprint density at radius 2 is 1.89 bits per heavy atom. The highest BCUT2D eigenvalue weighted by molar-refractivity contribution is 9.10. The monoisotopic (exact) mass is 344 g/mol. The lowest BCUT2D eigenvalue weighted by Gasteiger charge is -2.05. The first-order chi connectivity index (χ1) is 8.97. The van der Waals surface area contributed by atoms with Gasteiger partial charge in [-0.1, -0.05) is 11.6 Å². The van der Waals surface area contributed by atoms with Crippen LogP contribution in [-0.2, 0) is 6.42 Å². The Morgan fingerprint density at radius 3 is 2.58 bits per heavy atom. The lowest BCUT2D eigenvalue weighted by Crippen LogP contribution is -2.06. The van der Waals surface area contributed by atoms with Crippen LogP contribution in [-0.4, -0.2) is 5.78 Å². The van der Waals surface area contributed by atoms with Gasteiger partial charge in [0.05, 0.1) is 0 Å². The van der Waals surface area contributed by atoms with E-state index in [9.17, 15) is 13.6 Å². The van der Waals surface area contributed by atoms with Gasteiger partial charge in [0.15, 0.2) is 5.78 Å². The normalized spacial score (nSPS) is 10.5. The van der Waals surface area contributed by atoms with Crippen LogP contribution in [0.5, 0.6) is 0 Å². The number of hydrogen-bond acceptors (Lipinski definition) is 1. The summed E-state index contributed by atoms with van der Waals surface area (Å²) in [6.07, 6.45) is -0.205. The summed E-state index contributed by atoms with van der Waals surface area (Å²) in [5.41, 5.74) is 0.417. The highest BCUT2D eigenvalue weighted by Gasteiger charge is 2.14. The van der Waals surface area contributed by atoms with Crippen molar-refractivity contribution in [3.8, 4) is 0 Å². The third-order valence-corrected chi connectivity index (χ3v) is 3.48. The minimum Gasteiger partial charge on any atom is -0.294 e. The number of halogens is 4. The molecule has 98 valence electrons. The highest BCUT2D eigenvalue weighted by atomic mass is 79.9. The molecule has 0 bridgehead atoms. The zero-order valence-electron chi connectivity index (χ0n) is 9.59. The van der Waals surface area contributed by atoms with Crippen LogP contribution in [0.15, 0.2) is 40.9 Å². The fourth-order valence-electron chi connectivity index (χ4n) is 1.66. The Morgan fingerprint density at radius 1 is 1.16 bits per heavy atom. The molecule has 0 N–H and O–H groups in total. The second kappa shape index (κ2) is 5.80. The quantitative estimate of drug-likeness (QED) is 0.730. The van der Waals surface area contributed by atoms with Gasteiger partial charge in [-0.25, -0.2) is 8.78 Å². The van der Waals surface area contributed by atoms with Crippen LogP contribution in [0.3, 0.4) is 0 Å². The van der Waals surface area contributed by atoms with Crippen molar-refractivity contribution in [2.24, 2.45) is 0 Å². The lowest BCUT2D eigenvalue weighted by molar-refractivity contribution is 0.0991. The topological polar surface area (TPSA) is 17.1 Å². The molecule has 0 saturated heterocycles. The predicted octanol–water partition coefficient (Wildman–Crippen LogP) is 4.81. The van der Waals surface area contributed by atoms with Crippen molar-refractivity contribution in [3.63, 3.8) is 0 Å². The molecular formula is C14H8BrClF2O. The van der Waals surface area contributed by atoms with Crippen molar-refractivity contribution in [2.45, 2.75) is 6.42 Å². The van der Waals surface area contributed by atoms with Gasteiger partial charge < -0.3 is 0 Å². The van der Waals surface area contributed by atoms with Gasteiger partial charge in [0.1, 0.15) is 11.6 Å². The lowest BCUT2D eigenvalue weighted by atomic mass is 10.0. The van der Waals surface area contributed by atoms with E-state index < -0.39 is 11.6 Å². The van der Waals surface area contributed by atoms with E-state index in [0.717, 1.165) is 18.2 Å². The Labute approximate surface area is 122 Å². The zero-order valence-corrected chi connectivity index (χ0v) is 11.9. The molecule has 0 aliphatic heterocycles. The van der Waals surface area contributed by atoms with Gasteiger partial charge in [-0.3, -0.25) is 4.79 Å². The van der Waals surface area contributed by atoms with E-state index in [1.165, 1.54) is 0 Å². The van der Waals surface area contributed by atoms with Gasteiger partial charge in [0.25, 0.3) is 0 Å². The molecule has 0 heterocycles. The van der Waals surface area contributed by atoms with Crippen LogP contribution >= 0.6 is 27.5 Å². The third-order valence-electron chi connectivity index (χ3n) is 2.59. The van der Waals surface area contributed by atoms with Crippen LogP contribution in [0.2, 0.25) is 5.02 Å². The summed E-state index contributed by atoms with van der Waals surface area (Å²) in [7, 11) is 0. The van der Waals surface area contributed by atoms with Crippen LogP contribution < -0.4 is 0 Å². The molecule has 0 spiro atoms. The second-order valence-corrected chi connectivity index (χ2v) is 5.25. The van der Waals surface area contributed by atoms with Crippen LogP contribution in [0.4, 0.5) is 8.78 Å². The molecule has 0 aromatic heterocycles. The van der Waals surface area contributed by atoms with E-state index in [1.54, 1.807) is 18.2 Å². The Kier molecular flexibility index (Phi) is 4.32. The third kappa shape index (κ3) is 3.39. The van der Waals surface area contributed by atoms with Gasteiger partial charge in [0.2, 0.25) is 0 Å². The fraction of sp³-hybridized carbons (Fsp3) is 0.0714. The molecule has 2 aromatic rings. The first-order valence-corrected chi connectivity index (χ1v) is 6.56. The Bertz CT molecular complexity index is 643.